The third-order valence-corrected chi connectivity index (χ3v) is 4.71. The monoisotopic (exact) mass is 443 g/mol. The quantitative estimate of drug-likeness (QED) is 0.510. The van der Waals surface area contributed by atoms with Crippen molar-refractivity contribution in [1.82, 2.24) is 9.78 Å². The smallest absolute Gasteiger partial charge is 0.248 e. The van der Waals surface area contributed by atoms with E-state index in [-0.39, 0.29) is 5.91 Å². The molecular weight excluding hydrogens is 425 g/mol. The van der Waals surface area contributed by atoms with Gasteiger partial charge in [-0.1, -0.05) is 37.1 Å². The Hall–Kier alpha value is -1.34. The lowest BCUT2D eigenvalue weighted by Gasteiger charge is -2.04. The van der Waals surface area contributed by atoms with Crippen molar-refractivity contribution in [3.05, 3.63) is 50.3 Å². The maximum absolute atomic E-state index is 12.1. The largest absolute Gasteiger partial charge is 0.322 e. The summed E-state index contributed by atoms with van der Waals surface area (Å²) < 4.78 is 2.78. The molecule has 1 amide bonds. The van der Waals surface area contributed by atoms with Gasteiger partial charge in [0, 0.05) is 21.8 Å². The lowest BCUT2D eigenvalue weighted by molar-refractivity contribution is -0.111. The van der Waals surface area contributed by atoms with Crippen LogP contribution in [0.4, 0.5) is 5.69 Å². The summed E-state index contributed by atoms with van der Waals surface area (Å²) in [6.07, 6.45) is 5.32. The molecule has 0 aliphatic carbocycles. The van der Waals surface area contributed by atoms with Gasteiger partial charge in [0.2, 0.25) is 5.91 Å². The molecule has 1 aromatic carbocycles. The normalized spacial score (nSPS) is 11.1. The Morgan fingerprint density at radius 3 is 2.87 bits per heavy atom. The van der Waals surface area contributed by atoms with Crippen LogP contribution in [0.2, 0.25) is 5.15 Å². The summed E-state index contributed by atoms with van der Waals surface area (Å²) in [5.41, 5.74) is 2.41. The highest BCUT2D eigenvalue weighted by atomic mass is 127. The molecule has 122 valence electrons. The number of unbranched alkanes of at least 4 members (excludes halogenated alkanes) is 1. The molecule has 6 heteroatoms. The van der Waals surface area contributed by atoms with Crippen LogP contribution in [0.1, 0.15) is 31.0 Å². The molecule has 0 unspecified atom stereocenters. The number of para-hydroxylation sites is 1. The van der Waals surface area contributed by atoms with Gasteiger partial charge >= 0.3 is 0 Å². The van der Waals surface area contributed by atoms with Crippen LogP contribution in [0.15, 0.2) is 30.3 Å². The standard InChI is InChI=1S/C17H19ClIN3O/c1-3-4-11-22-17(18)13(12(2)21-22)9-10-16(23)20-15-8-6-5-7-14(15)19/h5-10H,3-4,11H2,1-2H3,(H,20,23)/b10-9+. The van der Waals surface area contributed by atoms with Gasteiger partial charge in [0.05, 0.1) is 11.4 Å². The summed E-state index contributed by atoms with van der Waals surface area (Å²) in [4.78, 5) is 12.1. The fourth-order valence-corrected chi connectivity index (χ4v) is 2.95. The maximum Gasteiger partial charge on any atom is 0.248 e. The van der Waals surface area contributed by atoms with E-state index in [2.05, 4.69) is 39.9 Å². The summed E-state index contributed by atoms with van der Waals surface area (Å²) >= 11 is 8.54. The van der Waals surface area contributed by atoms with E-state index in [4.69, 9.17) is 11.6 Å². The fraction of sp³-hybridized carbons (Fsp3) is 0.294. The van der Waals surface area contributed by atoms with E-state index in [1.165, 1.54) is 6.08 Å². The van der Waals surface area contributed by atoms with Crippen molar-refractivity contribution >= 4 is 51.9 Å². The van der Waals surface area contributed by atoms with Crippen LogP contribution in [-0.4, -0.2) is 15.7 Å². The molecule has 0 aliphatic heterocycles. The number of amides is 1. The molecule has 1 heterocycles. The molecular formula is C17H19ClIN3O. The van der Waals surface area contributed by atoms with E-state index in [0.717, 1.165) is 39.9 Å². The molecule has 2 aromatic rings. The first-order valence-electron chi connectivity index (χ1n) is 7.49. The van der Waals surface area contributed by atoms with Crippen LogP contribution in [0.3, 0.4) is 0 Å². The zero-order chi connectivity index (χ0) is 16.8. The molecule has 0 aliphatic rings. The number of nitrogens with one attached hydrogen (secondary N) is 1. The van der Waals surface area contributed by atoms with Gasteiger partial charge in [-0.25, -0.2) is 0 Å². The number of nitrogens with zero attached hydrogens (tertiary/aromatic N) is 2. The second kappa shape index (κ2) is 8.49. The van der Waals surface area contributed by atoms with Crippen molar-refractivity contribution < 1.29 is 4.79 Å². The van der Waals surface area contributed by atoms with Gasteiger partial charge in [0.25, 0.3) is 0 Å². The first-order chi connectivity index (χ1) is 11.0. The lowest BCUT2D eigenvalue weighted by atomic mass is 10.2. The van der Waals surface area contributed by atoms with Gasteiger partial charge in [0.15, 0.2) is 0 Å². The van der Waals surface area contributed by atoms with Crippen molar-refractivity contribution in [2.45, 2.75) is 33.2 Å². The minimum Gasteiger partial charge on any atom is -0.322 e. The van der Waals surface area contributed by atoms with Crippen molar-refractivity contribution in [2.75, 3.05) is 5.32 Å². The van der Waals surface area contributed by atoms with Crippen LogP contribution in [0, 0.1) is 10.5 Å². The highest BCUT2D eigenvalue weighted by Crippen LogP contribution is 2.22. The molecule has 2 rings (SSSR count). The lowest BCUT2D eigenvalue weighted by Crippen LogP contribution is -2.08. The van der Waals surface area contributed by atoms with Crippen molar-refractivity contribution in [1.29, 1.82) is 0 Å². The average Bonchev–Trinajstić information content (AvgIpc) is 2.79. The number of anilines is 1. The van der Waals surface area contributed by atoms with Crippen LogP contribution in [0.25, 0.3) is 6.08 Å². The summed E-state index contributed by atoms with van der Waals surface area (Å²) in [5.74, 6) is -0.189. The molecule has 4 nitrogen and oxygen atoms in total. The van der Waals surface area contributed by atoms with E-state index in [1.807, 2.05) is 31.2 Å². The number of hydrogen-bond donors (Lipinski definition) is 1. The Kier molecular flexibility index (Phi) is 6.65. The first-order valence-corrected chi connectivity index (χ1v) is 8.95. The predicted octanol–water partition coefficient (Wildman–Crippen LogP) is 4.90. The number of carbonyl (C=O) groups is 1. The Morgan fingerprint density at radius 1 is 1.43 bits per heavy atom. The molecule has 0 radical (unpaired) electrons. The van der Waals surface area contributed by atoms with Gasteiger partial charge in [0.1, 0.15) is 5.15 Å². The van der Waals surface area contributed by atoms with E-state index in [0.29, 0.717) is 5.15 Å². The summed E-state index contributed by atoms with van der Waals surface area (Å²) in [6, 6.07) is 7.63. The van der Waals surface area contributed by atoms with Crippen LogP contribution < -0.4 is 5.32 Å². The Labute approximate surface area is 155 Å². The Morgan fingerprint density at radius 2 is 2.17 bits per heavy atom. The zero-order valence-corrected chi connectivity index (χ0v) is 16.1. The molecule has 0 saturated heterocycles. The van der Waals surface area contributed by atoms with E-state index >= 15 is 0 Å². The SMILES string of the molecule is CCCCn1nc(C)c(/C=C/C(=O)Nc2ccccc2I)c1Cl. The summed E-state index contributed by atoms with van der Waals surface area (Å²) in [6.45, 7) is 4.81. The van der Waals surface area contributed by atoms with Crippen molar-refractivity contribution in [3.63, 3.8) is 0 Å². The zero-order valence-electron chi connectivity index (χ0n) is 13.1. The van der Waals surface area contributed by atoms with Gasteiger partial charge in [-0.3, -0.25) is 9.48 Å². The Bertz CT molecular complexity index is 725. The number of aromatic nitrogens is 2. The topological polar surface area (TPSA) is 46.9 Å². The summed E-state index contributed by atoms with van der Waals surface area (Å²) in [7, 11) is 0. The van der Waals surface area contributed by atoms with Crippen LogP contribution in [0.5, 0.6) is 0 Å². The van der Waals surface area contributed by atoms with E-state index in [1.54, 1.807) is 10.8 Å². The highest BCUT2D eigenvalue weighted by molar-refractivity contribution is 14.1. The van der Waals surface area contributed by atoms with Crippen molar-refractivity contribution in [2.24, 2.45) is 0 Å². The second-order valence-corrected chi connectivity index (χ2v) is 6.69. The van der Waals surface area contributed by atoms with Gasteiger partial charge in [-0.05, 0) is 54.1 Å². The van der Waals surface area contributed by atoms with E-state index < -0.39 is 0 Å². The molecule has 1 N–H and O–H groups in total. The molecule has 0 saturated carbocycles. The fourth-order valence-electron chi connectivity index (χ4n) is 2.11. The maximum atomic E-state index is 12.1. The number of aryl methyl sites for hydroxylation is 2. The molecule has 0 fully saturated rings. The second-order valence-electron chi connectivity index (χ2n) is 5.17. The number of carbonyl (C=O) groups excluding carboxylic acids is 1. The van der Waals surface area contributed by atoms with Crippen molar-refractivity contribution in [3.8, 4) is 0 Å². The molecule has 0 atom stereocenters. The van der Waals surface area contributed by atoms with Gasteiger partial charge < -0.3 is 5.32 Å². The number of hydrogen-bond acceptors (Lipinski definition) is 2. The van der Waals surface area contributed by atoms with Gasteiger partial charge in [-0.15, -0.1) is 0 Å². The van der Waals surface area contributed by atoms with Gasteiger partial charge in [-0.2, -0.15) is 5.10 Å². The number of halogens is 2. The third kappa shape index (κ3) is 4.81. The highest BCUT2D eigenvalue weighted by Gasteiger charge is 2.11. The minimum absolute atomic E-state index is 0.189. The summed E-state index contributed by atoms with van der Waals surface area (Å²) in [5, 5.41) is 7.86. The van der Waals surface area contributed by atoms with E-state index in [9.17, 15) is 4.79 Å². The predicted molar refractivity (Wildman–Crippen MR) is 104 cm³/mol. The first kappa shape index (κ1) is 18.0. The number of benzene rings is 1. The van der Waals surface area contributed by atoms with Crippen LogP contribution >= 0.6 is 34.2 Å². The molecule has 0 bridgehead atoms. The third-order valence-electron chi connectivity index (χ3n) is 3.37. The average molecular weight is 444 g/mol. The molecule has 23 heavy (non-hydrogen) atoms. The Balaban J connectivity index is 2.09. The number of rotatable bonds is 6. The minimum atomic E-state index is -0.189. The van der Waals surface area contributed by atoms with Crippen LogP contribution in [-0.2, 0) is 11.3 Å². The molecule has 1 aromatic heterocycles. The molecule has 0 spiro atoms.